The minimum absolute atomic E-state index is 0.128. The molecule has 1 unspecified atom stereocenters. The van der Waals surface area contributed by atoms with Crippen LogP contribution in [0.1, 0.15) is 18.5 Å². The van der Waals surface area contributed by atoms with E-state index in [1.54, 1.807) is 29.0 Å². The number of carbonyl (C=O) groups is 1. The van der Waals surface area contributed by atoms with E-state index in [-0.39, 0.29) is 29.6 Å². The van der Waals surface area contributed by atoms with E-state index in [9.17, 15) is 9.59 Å². The first-order valence-corrected chi connectivity index (χ1v) is 10.1. The number of rotatable bonds is 5. The van der Waals surface area contributed by atoms with Gasteiger partial charge in [-0.25, -0.2) is 14.6 Å². The molecule has 0 bridgehead atoms. The third kappa shape index (κ3) is 3.33. The second-order valence-electron chi connectivity index (χ2n) is 7.57. The van der Waals surface area contributed by atoms with Crippen LogP contribution < -0.4 is 5.56 Å². The van der Waals surface area contributed by atoms with Gasteiger partial charge in [-0.3, -0.25) is 14.2 Å². The summed E-state index contributed by atoms with van der Waals surface area (Å²) in [4.78, 5) is 35.7. The van der Waals surface area contributed by atoms with Gasteiger partial charge in [-0.15, -0.1) is 0 Å². The van der Waals surface area contributed by atoms with Crippen LogP contribution in [0.25, 0.3) is 27.8 Å². The van der Waals surface area contributed by atoms with Gasteiger partial charge in [0.25, 0.3) is 5.56 Å². The molecule has 32 heavy (non-hydrogen) atoms. The van der Waals surface area contributed by atoms with Gasteiger partial charge in [0.05, 0.1) is 18.1 Å². The number of furan rings is 1. The number of hydrogen-bond acceptors (Lipinski definition) is 6. The Morgan fingerprint density at radius 2 is 1.91 bits per heavy atom. The van der Waals surface area contributed by atoms with Crippen LogP contribution in [0.2, 0.25) is 0 Å². The highest BCUT2D eigenvalue weighted by Crippen LogP contribution is 2.24. The van der Waals surface area contributed by atoms with Crippen LogP contribution in [0.3, 0.4) is 0 Å². The molecule has 0 aliphatic heterocycles. The smallest absolute Gasteiger partial charge is 0.297 e. The van der Waals surface area contributed by atoms with Crippen molar-refractivity contribution in [2.45, 2.75) is 19.5 Å². The second-order valence-corrected chi connectivity index (χ2v) is 7.57. The maximum absolute atomic E-state index is 12.9. The van der Waals surface area contributed by atoms with Gasteiger partial charge in [-0.2, -0.15) is 5.10 Å². The monoisotopic (exact) mass is 428 g/mol. The molecule has 5 rings (SSSR count). The number of amides is 1. The van der Waals surface area contributed by atoms with Gasteiger partial charge in [0, 0.05) is 12.4 Å². The molecule has 9 nitrogen and oxygen atoms in total. The van der Waals surface area contributed by atoms with Crippen molar-refractivity contribution in [1.29, 1.82) is 0 Å². The van der Waals surface area contributed by atoms with E-state index in [1.165, 1.54) is 17.2 Å². The topological polar surface area (TPSA) is 99.1 Å². The van der Waals surface area contributed by atoms with Gasteiger partial charge in [0.15, 0.2) is 0 Å². The molecule has 0 saturated heterocycles. The quantitative estimate of drug-likeness (QED) is 0.427. The summed E-state index contributed by atoms with van der Waals surface area (Å²) in [6.45, 7) is 1.81. The zero-order valence-electron chi connectivity index (χ0n) is 17.5. The zero-order valence-corrected chi connectivity index (χ0v) is 17.5. The van der Waals surface area contributed by atoms with Gasteiger partial charge in [-0.1, -0.05) is 24.3 Å². The van der Waals surface area contributed by atoms with Gasteiger partial charge in [0.1, 0.15) is 30.3 Å². The Morgan fingerprint density at radius 1 is 1.12 bits per heavy atom. The highest BCUT2D eigenvalue weighted by Gasteiger charge is 2.20. The first-order chi connectivity index (χ1) is 15.5. The Balaban J connectivity index is 1.36. The largest absolute Gasteiger partial charge is 0.448 e. The molecule has 3 heterocycles. The summed E-state index contributed by atoms with van der Waals surface area (Å²) in [5.41, 5.74) is 2.71. The number of carbonyl (C=O) groups excluding carboxylic acids is 1. The van der Waals surface area contributed by atoms with Crippen LogP contribution in [0.15, 0.2) is 76.7 Å². The molecule has 5 aromatic rings. The summed E-state index contributed by atoms with van der Waals surface area (Å²) in [5, 5.41) is 4.89. The summed E-state index contributed by atoms with van der Waals surface area (Å²) in [6.07, 6.45) is 4.50. The average Bonchev–Trinajstić information content (AvgIpc) is 3.48. The minimum atomic E-state index is -0.377. The van der Waals surface area contributed by atoms with Crippen LogP contribution in [0.5, 0.6) is 0 Å². The van der Waals surface area contributed by atoms with E-state index in [0.29, 0.717) is 11.1 Å². The van der Waals surface area contributed by atoms with Crippen LogP contribution in [0.4, 0.5) is 0 Å². The SMILES string of the molecule is CC(c1ccc(-n2cncn2)cc1)N(C)C(=O)Cn1cnc2c(oc3ccccc32)c1=O. The predicted molar refractivity (Wildman–Crippen MR) is 118 cm³/mol. The van der Waals surface area contributed by atoms with Crippen molar-refractivity contribution in [1.82, 2.24) is 29.2 Å². The average molecular weight is 428 g/mol. The zero-order chi connectivity index (χ0) is 22.2. The van der Waals surface area contributed by atoms with Crippen LogP contribution in [-0.2, 0) is 11.3 Å². The van der Waals surface area contributed by atoms with Gasteiger partial charge in [-0.05, 0) is 36.8 Å². The van der Waals surface area contributed by atoms with E-state index in [2.05, 4.69) is 15.1 Å². The van der Waals surface area contributed by atoms with Crippen LogP contribution in [0, 0.1) is 0 Å². The maximum Gasteiger partial charge on any atom is 0.297 e. The molecule has 0 spiro atoms. The van der Waals surface area contributed by atoms with Crippen molar-refractivity contribution in [2.24, 2.45) is 0 Å². The van der Waals surface area contributed by atoms with E-state index in [1.807, 2.05) is 49.4 Å². The Labute approximate surface area is 182 Å². The molecule has 160 valence electrons. The number of para-hydroxylation sites is 1. The Hall–Kier alpha value is -4.27. The Morgan fingerprint density at radius 3 is 2.66 bits per heavy atom. The molecule has 0 fully saturated rings. The van der Waals surface area contributed by atoms with Crippen molar-refractivity contribution in [3.8, 4) is 5.69 Å². The van der Waals surface area contributed by atoms with Crippen molar-refractivity contribution in [3.63, 3.8) is 0 Å². The highest BCUT2D eigenvalue weighted by molar-refractivity contribution is 6.01. The lowest BCUT2D eigenvalue weighted by atomic mass is 10.1. The standard InChI is InChI=1S/C23H20N6O3/c1-15(16-7-9-17(10-8-16)29-13-24-12-26-29)27(2)20(30)11-28-14-25-21-18-5-3-4-6-19(18)32-22(21)23(28)31/h3-10,12-15H,11H2,1-2H3. The van der Waals surface area contributed by atoms with Crippen molar-refractivity contribution < 1.29 is 9.21 Å². The number of fused-ring (bicyclic) bond motifs is 3. The molecule has 0 aliphatic rings. The number of hydrogen-bond donors (Lipinski definition) is 0. The van der Waals surface area contributed by atoms with Crippen molar-refractivity contribution in [3.05, 3.63) is 83.4 Å². The molecule has 1 amide bonds. The normalized spacial score (nSPS) is 12.3. The van der Waals surface area contributed by atoms with E-state index >= 15 is 0 Å². The molecule has 0 aliphatic carbocycles. The first-order valence-electron chi connectivity index (χ1n) is 10.1. The van der Waals surface area contributed by atoms with Crippen LogP contribution >= 0.6 is 0 Å². The Bertz CT molecular complexity index is 1470. The van der Waals surface area contributed by atoms with Crippen molar-refractivity contribution in [2.75, 3.05) is 7.05 Å². The maximum atomic E-state index is 12.9. The molecule has 0 radical (unpaired) electrons. The summed E-state index contributed by atoms with van der Waals surface area (Å²) >= 11 is 0. The summed E-state index contributed by atoms with van der Waals surface area (Å²) < 4.78 is 8.64. The second kappa shape index (κ2) is 7.77. The lowest BCUT2D eigenvalue weighted by Gasteiger charge is -2.25. The molecule has 0 N–H and O–H groups in total. The molecular formula is C23H20N6O3. The molecular weight excluding hydrogens is 408 g/mol. The number of benzene rings is 2. The number of nitrogens with zero attached hydrogens (tertiary/aromatic N) is 6. The van der Waals surface area contributed by atoms with Gasteiger partial charge >= 0.3 is 0 Å². The number of aromatic nitrogens is 5. The van der Waals surface area contributed by atoms with E-state index < -0.39 is 0 Å². The van der Waals surface area contributed by atoms with Crippen molar-refractivity contribution >= 4 is 28.0 Å². The fourth-order valence-corrected chi connectivity index (χ4v) is 3.67. The molecule has 0 saturated carbocycles. The molecule has 3 aromatic heterocycles. The third-order valence-electron chi connectivity index (χ3n) is 5.69. The lowest BCUT2D eigenvalue weighted by molar-refractivity contribution is -0.132. The van der Waals surface area contributed by atoms with E-state index in [4.69, 9.17) is 4.42 Å². The summed E-state index contributed by atoms with van der Waals surface area (Å²) in [5.74, 6) is -0.211. The molecule has 1 atom stereocenters. The molecule has 9 heteroatoms. The summed E-state index contributed by atoms with van der Waals surface area (Å²) in [6, 6.07) is 14.9. The fourth-order valence-electron chi connectivity index (χ4n) is 3.67. The summed E-state index contributed by atoms with van der Waals surface area (Å²) in [7, 11) is 1.72. The Kier molecular flexibility index (Phi) is 4.78. The first kappa shape index (κ1) is 19.7. The van der Waals surface area contributed by atoms with Gasteiger partial charge in [0.2, 0.25) is 11.5 Å². The van der Waals surface area contributed by atoms with Crippen LogP contribution in [-0.4, -0.2) is 42.2 Å². The lowest BCUT2D eigenvalue weighted by Crippen LogP contribution is -2.35. The predicted octanol–water partition coefficient (Wildman–Crippen LogP) is 2.94. The molecule has 2 aromatic carbocycles. The number of likely N-dealkylation sites (N-methyl/N-ethyl adjacent to an activating group) is 1. The minimum Gasteiger partial charge on any atom is -0.448 e. The highest BCUT2D eigenvalue weighted by atomic mass is 16.3. The third-order valence-corrected chi connectivity index (χ3v) is 5.69. The van der Waals surface area contributed by atoms with Gasteiger partial charge < -0.3 is 9.32 Å². The van der Waals surface area contributed by atoms with E-state index in [0.717, 1.165) is 16.6 Å². The fraction of sp³-hybridized carbons (Fsp3) is 0.174.